The number of ether oxygens (including phenoxy) is 6. The Bertz CT molecular complexity index is 1570. The van der Waals surface area contributed by atoms with E-state index in [9.17, 15) is 45.6 Å². The van der Waals surface area contributed by atoms with Crippen molar-refractivity contribution in [2.24, 2.45) is 44.8 Å². The third-order valence-electron chi connectivity index (χ3n) is 17.9. The minimum Gasteiger partial charge on any atom is -0.454 e. The maximum Gasteiger partial charge on any atom is 0.303 e. The molecular formula is C43H70O15. The van der Waals surface area contributed by atoms with Crippen molar-refractivity contribution in [1.29, 1.82) is 0 Å². The number of rotatable bonds is 8. The molecule has 2 spiro atoms. The average molecular weight is 827 g/mol. The predicted octanol–water partition coefficient (Wildman–Crippen LogP) is 1.29. The minimum atomic E-state index is -1.62. The summed E-state index contributed by atoms with van der Waals surface area (Å²) in [5.74, 6) is -0.931. The summed E-state index contributed by atoms with van der Waals surface area (Å²) in [4.78, 5) is 12.1. The lowest BCUT2D eigenvalue weighted by Crippen LogP contribution is -2.65. The number of hydrogen-bond acceptors (Lipinski definition) is 15. The van der Waals surface area contributed by atoms with E-state index in [2.05, 4.69) is 34.6 Å². The standard InChI is InChI=1S/C43H70O15/c1-20(45)54-32-28(48)22(47)18-53-36(32)57-26-10-12-43-19-42(43)14-13-39(6)33(41(8)11-9-27(58-41)38(4,5)52)21(46)16-40(39,7)25(42)15-23(34(43)37(26,2)3)55-35-31(51)30(50)29(49)24(17-44)56-35/h21-36,44,46-52H,9-19H2,1-8H3/t21-,22+,23-,24+,25-,26-,27-,28-,29+,30-,31+,32+,33-,34-,35+,36-,39+,40-,41+,42+,43+/m0/s1. The summed E-state index contributed by atoms with van der Waals surface area (Å²) in [6, 6.07) is 0. The Morgan fingerprint density at radius 1 is 0.793 bits per heavy atom. The molecule has 0 amide bonds. The Morgan fingerprint density at radius 3 is 2.14 bits per heavy atom. The van der Waals surface area contributed by atoms with E-state index in [1.165, 1.54) is 6.92 Å². The Balaban J connectivity index is 1.15. The lowest BCUT2D eigenvalue weighted by atomic mass is 9.41. The zero-order chi connectivity index (χ0) is 42.3. The van der Waals surface area contributed by atoms with Crippen LogP contribution in [0.15, 0.2) is 0 Å². The molecule has 8 aliphatic rings. The van der Waals surface area contributed by atoms with Gasteiger partial charge in [-0.3, -0.25) is 4.79 Å². The van der Waals surface area contributed by atoms with Gasteiger partial charge in [-0.15, -0.1) is 0 Å². The topological polar surface area (TPSA) is 234 Å². The van der Waals surface area contributed by atoms with Crippen molar-refractivity contribution in [2.75, 3.05) is 13.2 Å². The van der Waals surface area contributed by atoms with Gasteiger partial charge in [0, 0.05) is 12.8 Å². The Hall–Kier alpha value is -1.05. The molecule has 3 saturated heterocycles. The molecule has 3 aliphatic heterocycles. The quantitative estimate of drug-likeness (QED) is 0.127. The molecule has 8 rings (SSSR count). The highest BCUT2D eigenvalue weighted by Crippen LogP contribution is 2.89. The number of hydrogen-bond donors (Lipinski definition) is 8. The van der Waals surface area contributed by atoms with Crippen LogP contribution in [-0.2, 0) is 33.2 Å². The average Bonchev–Trinajstić information content (AvgIpc) is 3.50. The monoisotopic (exact) mass is 826 g/mol. The summed E-state index contributed by atoms with van der Waals surface area (Å²) in [5.41, 5.74) is -3.32. The van der Waals surface area contributed by atoms with Crippen LogP contribution in [0.25, 0.3) is 0 Å². The molecule has 5 aliphatic carbocycles. The van der Waals surface area contributed by atoms with Crippen molar-refractivity contribution in [3.63, 3.8) is 0 Å². The SMILES string of the molecule is CC(=O)O[C@H]1[C@H](O[C@H]2CC[C@]34C[C@@]35CC[C@]3(C)[C@@H]([C@@]6(C)CC[C@@H](C(C)(C)O)O6)[C@@H](O)C[C@@]3(C)[C@@H]5C[C@H](O[C@@H]3O[C@H](CO)[C@@H](O)[C@H](O)[C@H]3O)[C@H]4C2(C)C)OC[C@@H](O)[C@@H]1O. The van der Waals surface area contributed by atoms with Gasteiger partial charge in [-0.1, -0.05) is 27.7 Å². The first-order valence-electron chi connectivity index (χ1n) is 21.8. The van der Waals surface area contributed by atoms with Crippen LogP contribution in [0, 0.1) is 44.8 Å². The normalized spacial score (nSPS) is 56.1. The van der Waals surface area contributed by atoms with E-state index in [0.29, 0.717) is 25.7 Å². The maximum atomic E-state index is 12.2. The molecule has 15 nitrogen and oxygen atoms in total. The number of fused-ring (bicyclic) bond motifs is 2. The Morgan fingerprint density at radius 2 is 1.50 bits per heavy atom. The van der Waals surface area contributed by atoms with E-state index in [0.717, 1.165) is 32.1 Å². The fourth-order valence-electron chi connectivity index (χ4n) is 15.2. The highest BCUT2D eigenvalue weighted by Gasteiger charge is 2.85. The molecule has 8 fully saturated rings. The molecule has 0 aromatic carbocycles. The molecule has 58 heavy (non-hydrogen) atoms. The molecule has 21 atom stereocenters. The number of esters is 1. The van der Waals surface area contributed by atoms with Crippen molar-refractivity contribution >= 4 is 5.97 Å². The molecule has 15 heteroatoms. The van der Waals surface area contributed by atoms with Crippen molar-refractivity contribution < 1.29 is 74.1 Å². The van der Waals surface area contributed by atoms with Gasteiger partial charge in [0.1, 0.15) is 36.6 Å². The molecule has 0 bridgehead atoms. The molecule has 0 radical (unpaired) electrons. The summed E-state index contributed by atoms with van der Waals surface area (Å²) in [5, 5.41) is 87.3. The summed E-state index contributed by atoms with van der Waals surface area (Å²) >= 11 is 0. The second-order valence-corrected chi connectivity index (χ2v) is 21.6. The van der Waals surface area contributed by atoms with Crippen molar-refractivity contribution in [3.8, 4) is 0 Å². The van der Waals surface area contributed by atoms with Crippen molar-refractivity contribution in [1.82, 2.24) is 0 Å². The largest absolute Gasteiger partial charge is 0.454 e. The van der Waals surface area contributed by atoms with Crippen LogP contribution >= 0.6 is 0 Å². The lowest BCUT2D eigenvalue weighted by molar-refractivity contribution is -0.339. The number of carbonyl (C=O) groups excluding carboxylic acids is 1. The molecule has 5 saturated carbocycles. The number of aliphatic hydroxyl groups is 8. The van der Waals surface area contributed by atoms with Crippen LogP contribution in [0.4, 0.5) is 0 Å². The maximum absolute atomic E-state index is 12.2. The molecule has 0 aromatic heterocycles. The minimum absolute atomic E-state index is 0.0829. The van der Waals surface area contributed by atoms with E-state index >= 15 is 0 Å². The molecular weight excluding hydrogens is 756 g/mol. The fraction of sp³-hybridized carbons (Fsp3) is 0.977. The zero-order valence-electron chi connectivity index (χ0n) is 35.5. The third-order valence-corrected chi connectivity index (χ3v) is 17.9. The lowest BCUT2D eigenvalue weighted by Gasteiger charge is -2.65. The van der Waals surface area contributed by atoms with Gasteiger partial charge in [-0.25, -0.2) is 0 Å². The van der Waals surface area contributed by atoms with Crippen molar-refractivity contribution in [3.05, 3.63) is 0 Å². The van der Waals surface area contributed by atoms with Gasteiger partial charge in [0.25, 0.3) is 0 Å². The summed E-state index contributed by atoms with van der Waals surface area (Å²) in [6.07, 6.45) is -7.66. The van der Waals surface area contributed by atoms with Crippen LogP contribution in [0.3, 0.4) is 0 Å². The highest BCUT2D eigenvalue weighted by molar-refractivity contribution is 5.66. The molecule has 8 N–H and O–H groups in total. The molecule has 0 unspecified atom stereocenters. The van der Waals surface area contributed by atoms with Crippen LogP contribution in [0.1, 0.15) is 113 Å². The third kappa shape index (κ3) is 6.17. The van der Waals surface area contributed by atoms with Gasteiger partial charge in [0.2, 0.25) is 0 Å². The van der Waals surface area contributed by atoms with Gasteiger partial charge < -0.3 is 69.3 Å². The second-order valence-electron chi connectivity index (χ2n) is 21.6. The number of aliphatic hydroxyl groups excluding tert-OH is 7. The Kier molecular flexibility index (Phi) is 10.7. The highest BCUT2D eigenvalue weighted by atomic mass is 16.7. The fourth-order valence-corrected chi connectivity index (χ4v) is 15.2. The van der Waals surface area contributed by atoms with Gasteiger partial charge in [0.15, 0.2) is 18.7 Å². The summed E-state index contributed by atoms with van der Waals surface area (Å²) < 4.78 is 37.8. The van der Waals surface area contributed by atoms with Crippen LogP contribution in [0.5, 0.6) is 0 Å². The smallest absolute Gasteiger partial charge is 0.303 e. The Labute approximate surface area is 341 Å². The first-order valence-corrected chi connectivity index (χ1v) is 21.8. The molecule has 0 aromatic rings. The zero-order valence-corrected chi connectivity index (χ0v) is 35.5. The first kappa shape index (κ1) is 43.6. The second kappa shape index (κ2) is 14.2. The van der Waals surface area contributed by atoms with E-state index in [4.69, 9.17) is 28.4 Å². The van der Waals surface area contributed by atoms with Crippen LogP contribution < -0.4 is 0 Å². The van der Waals surface area contributed by atoms with E-state index < -0.39 is 103 Å². The van der Waals surface area contributed by atoms with Crippen LogP contribution in [-0.4, -0.2) is 151 Å². The number of carbonyl (C=O) groups is 1. The van der Waals surface area contributed by atoms with E-state index in [-0.39, 0.29) is 52.1 Å². The first-order chi connectivity index (χ1) is 26.9. The van der Waals surface area contributed by atoms with Gasteiger partial charge >= 0.3 is 5.97 Å². The molecule has 3 heterocycles. The van der Waals surface area contributed by atoms with E-state index in [1.54, 1.807) is 13.8 Å². The predicted molar refractivity (Wildman–Crippen MR) is 203 cm³/mol. The van der Waals surface area contributed by atoms with Gasteiger partial charge in [-0.05, 0) is 117 Å². The van der Waals surface area contributed by atoms with Gasteiger partial charge in [-0.2, -0.15) is 0 Å². The summed E-state index contributed by atoms with van der Waals surface area (Å²) in [6.45, 7) is 15.0. The van der Waals surface area contributed by atoms with Gasteiger partial charge in [0.05, 0.1) is 48.8 Å². The summed E-state index contributed by atoms with van der Waals surface area (Å²) in [7, 11) is 0. The van der Waals surface area contributed by atoms with Crippen molar-refractivity contribution in [2.45, 2.75) is 204 Å². The molecule has 332 valence electrons. The van der Waals surface area contributed by atoms with E-state index in [1.807, 2.05) is 0 Å². The van der Waals surface area contributed by atoms with Crippen LogP contribution in [0.2, 0.25) is 0 Å².